The molecular weight excluding hydrogens is 589 g/mol. The van der Waals surface area contributed by atoms with Crippen molar-refractivity contribution < 1.29 is 36.6 Å². The first-order valence-corrected chi connectivity index (χ1v) is 15.8. The van der Waals surface area contributed by atoms with E-state index in [1.807, 2.05) is 13.8 Å². The molecular formula is C32H40FN3O7S. The molecule has 238 valence electrons. The van der Waals surface area contributed by atoms with E-state index in [-0.39, 0.29) is 35.2 Å². The maximum absolute atomic E-state index is 14.2. The van der Waals surface area contributed by atoms with Crippen LogP contribution in [-0.2, 0) is 26.2 Å². The molecule has 0 bridgehead atoms. The molecule has 0 fully saturated rings. The van der Waals surface area contributed by atoms with Crippen LogP contribution in [0.2, 0.25) is 0 Å². The van der Waals surface area contributed by atoms with Crippen LogP contribution in [-0.4, -0.2) is 65.1 Å². The maximum Gasteiger partial charge on any atom is 0.264 e. The summed E-state index contributed by atoms with van der Waals surface area (Å²) in [5, 5.41) is 2.83. The lowest BCUT2D eigenvalue weighted by Gasteiger charge is -2.33. The minimum absolute atomic E-state index is 0.0370. The van der Waals surface area contributed by atoms with Crippen molar-refractivity contribution in [3.63, 3.8) is 0 Å². The second-order valence-electron chi connectivity index (χ2n) is 9.82. The summed E-state index contributed by atoms with van der Waals surface area (Å²) >= 11 is 0. The predicted octanol–water partition coefficient (Wildman–Crippen LogP) is 4.77. The van der Waals surface area contributed by atoms with Gasteiger partial charge in [0.2, 0.25) is 11.8 Å². The molecule has 0 aromatic heterocycles. The second-order valence-corrected chi connectivity index (χ2v) is 11.7. The molecule has 0 heterocycles. The molecule has 0 spiro atoms. The van der Waals surface area contributed by atoms with Crippen LogP contribution in [0.1, 0.15) is 39.2 Å². The molecule has 0 saturated heterocycles. The molecule has 0 aliphatic carbocycles. The number of sulfonamides is 1. The van der Waals surface area contributed by atoms with Crippen LogP contribution < -0.4 is 23.8 Å². The third-order valence-electron chi connectivity index (χ3n) is 6.86. The Bertz CT molecular complexity index is 1500. The molecule has 1 N–H and O–H groups in total. The van der Waals surface area contributed by atoms with Crippen molar-refractivity contribution in [2.45, 2.75) is 51.1 Å². The number of nitrogens with zero attached hydrogens (tertiary/aromatic N) is 2. The third-order valence-corrected chi connectivity index (χ3v) is 8.63. The Hall–Kier alpha value is -4.32. The number of halogens is 1. The van der Waals surface area contributed by atoms with E-state index >= 15 is 0 Å². The number of methoxy groups -OCH3 is 2. The van der Waals surface area contributed by atoms with Crippen LogP contribution in [0.5, 0.6) is 17.2 Å². The van der Waals surface area contributed by atoms with Gasteiger partial charge in [-0.3, -0.25) is 13.9 Å². The quantitative estimate of drug-likeness (QED) is 0.243. The molecule has 0 unspecified atom stereocenters. The van der Waals surface area contributed by atoms with E-state index in [0.717, 1.165) is 4.31 Å². The van der Waals surface area contributed by atoms with E-state index in [1.54, 1.807) is 31.2 Å². The van der Waals surface area contributed by atoms with Crippen molar-refractivity contribution >= 4 is 27.5 Å². The highest BCUT2D eigenvalue weighted by atomic mass is 32.2. The molecule has 44 heavy (non-hydrogen) atoms. The van der Waals surface area contributed by atoms with Crippen LogP contribution in [0.3, 0.4) is 0 Å². The van der Waals surface area contributed by atoms with E-state index in [2.05, 4.69) is 5.32 Å². The maximum atomic E-state index is 14.2. The van der Waals surface area contributed by atoms with Crippen LogP contribution in [0.15, 0.2) is 71.6 Å². The zero-order valence-electron chi connectivity index (χ0n) is 25.7. The standard InChI is InChI=1S/C32H40FN3O7S/c1-6-19-34-32(38)28(7-2)35(21-23-9-11-24(33)12-10-23)31(37)22-36(25-13-15-26(16-14-25)43-8-3)44(39,40)27-17-18-29(41-4)30(20-27)42-5/h9-18,20,28H,6-8,19,21-22H2,1-5H3,(H,34,38)/t28-/m0/s1. The number of ether oxygens (including phenoxy) is 3. The SMILES string of the molecule is CCCNC(=O)[C@H](CC)N(Cc1ccc(F)cc1)C(=O)CN(c1ccc(OCC)cc1)S(=O)(=O)c1ccc(OC)c(OC)c1. The van der Waals surface area contributed by atoms with E-state index < -0.39 is 34.3 Å². The second kappa shape index (κ2) is 15.9. The van der Waals surface area contributed by atoms with Gasteiger partial charge in [0, 0.05) is 19.2 Å². The van der Waals surface area contributed by atoms with Gasteiger partial charge in [0.1, 0.15) is 24.2 Å². The van der Waals surface area contributed by atoms with Crippen molar-refractivity contribution in [2.75, 3.05) is 38.2 Å². The predicted molar refractivity (Wildman–Crippen MR) is 166 cm³/mol. The lowest BCUT2D eigenvalue weighted by atomic mass is 10.1. The number of rotatable bonds is 16. The number of amides is 2. The van der Waals surface area contributed by atoms with Crippen molar-refractivity contribution in [3.8, 4) is 17.2 Å². The molecule has 12 heteroatoms. The summed E-state index contributed by atoms with van der Waals surface area (Å²) < 4.78 is 59.1. The first-order valence-electron chi connectivity index (χ1n) is 14.4. The van der Waals surface area contributed by atoms with Gasteiger partial charge in [0.25, 0.3) is 10.0 Å². The van der Waals surface area contributed by atoms with Gasteiger partial charge in [-0.15, -0.1) is 0 Å². The van der Waals surface area contributed by atoms with Crippen molar-refractivity contribution in [1.82, 2.24) is 10.2 Å². The van der Waals surface area contributed by atoms with E-state index in [9.17, 15) is 22.4 Å². The number of carbonyl (C=O) groups excluding carboxylic acids is 2. The Labute approximate surface area is 258 Å². The van der Waals surface area contributed by atoms with Crippen molar-refractivity contribution in [2.24, 2.45) is 0 Å². The molecule has 3 aromatic carbocycles. The molecule has 0 saturated carbocycles. The number of benzene rings is 3. The van der Waals surface area contributed by atoms with Crippen molar-refractivity contribution in [1.29, 1.82) is 0 Å². The first kappa shape index (κ1) is 34.2. The Kier molecular flexibility index (Phi) is 12.4. The summed E-state index contributed by atoms with van der Waals surface area (Å²) in [4.78, 5) is 28.5. The Morgan fingerprint density at radius 2 is 1.57 bits per heavy atom. The zero-order valence-corrected chi connectivity index (χ0v) is 26.5. The normalized spacial score (nSPS) is 11.8. The zero-order chi connectivity index (χ0) is 32.3. The summed E-state index contributed by atoms with van der Waals surface area (Å²) in [6, 6.07) is 15.2. The molecule has 0 aliphatic rings. The minimum Gasteiger partial charge on any atom is -0.494 e. The number of nitrogens with one attached hydrogen (secondary N) is 1. The lowest BCUT2D eigenvalue weighted by Crippen LogP contribution is -2.52. The third kappa shape index (κ3) is 8.40. The van der Waals surface area contributed by atoms with Gasteiger partial charge in [-0.25, -0.2) is 12.8 Å². The largest absolute Gasteiger partial charge is 0.494 e. The summed E-state index contributed by atoms with van der Waals surface area (Å²) in [7, 11) is -1.52. The van der Waals surface area contributed by atoms with Gasteiger partial charge in [0.05, 0.1) is 31.4 Å². The highest BCUT2D eigenvalue weighted by Crippen LogP contribution is 2.33. The van der Waals surface area contributed by atoms with Gasteiger partial charge >= 0.3 is 0 Å². The smallest absolute Gasteiger partial charge is 0.264 e. The van der Waals surface area contributed by atoms with Crippen LogP contribution >= 0.6 is 0 Å². The summed E-state index contributed by atoms with van der Waals surface area (Å²) in [6.07, 6.45) is 0.969. The Morgan fingerprint density at radius 3 is 2.14 bits per heavy atom. The number of carbonyl (C=O) groups is 2. The minimum atomic E-state index is -4.35. The molecule has 3 aromatic rings. The Morgan fingerprint density at radius 1 is 0.909 bits per heavy atom. The fraction of sp³-hybridized carbons (Fsp3) is 0.375. The lowest BCUT2D eigenvalue weighted by molar-refractivity contribution is -0.140. The summed E-state index contributed by atoms with van der Waals surface area (Å²) in [5.41, 5.74) is 0.790. The molecule has 2 amide bonds. The molecule has 1 atom stereocenters. The first-order chi connectivity index (χ1) is 21.1. The van der Waals surface area contributed by atoms with Gasteiger partial charge < -0.3 is 24.4 Å². The molecule has 0 radical (unpaired) electrons. The average Bonchev–Trinajstić information content (AvgIpc) is 3.03. The summed E-state index contributed by atoms with van der Waals surface area (Å²) in [5.74, 6) is -0.358. The summed E-state index contributed by atoms with van der Waals surface area (Å²) in [6.45, 7) is 5.69. The average molecular weight is 630 g/mol. The highest BCUT2D eigenvalue weighted by molar-refractivity contribution is 7.92. The van der Waals surface area contributed by atoms with Crippen LogP contribution in [0.25, 0.3) is 0 Å². The number of hydrogen-bond donors (Lipinski definition) is 1. The number of hydrogen-bond acceptors (Lipinski definition) is 7. The van der Waals surface area contributed by atoms with E-state index in [1.165, 1.54) is 61.6 Å². The fourth-order valence-corrected chi connectivity index (χ4v) is 6.01. The van der Waals surface area contributed by atoms with Gasteiger partial charge in [0.15, 0.2) is 11.5 Å². The monoisotopic (exact) mass is 629 g/mol. The van der Waals surface area contributed by atoms with Crippen LogP contribution in [0.4, 0.5) is 10.1 Å². The van der Waals surface area contributed by atoms with Gasteiger partial charge in [-0.1, -0.05) is 26.0 Å². The number of anilines is 1. The highest BCUT2D eigenvalue weighted by Gasteiger charge is 2.34. The molecule has 0 aliphatic heterocycles. The Balaban J connectivity index is 2.10. The van der Waals surface area contributed by atoms with E-state index in [0.29, 0.717) is 36.6 Å². The van der Waals surface area contributed by atoms with Gasteiger partial charge in [-0.2, -0.15) is 0 Å². The van der Waals surface area contributed by atoms with Crippen LogP contribution in [0, 0.1) is 5.82 Å². The van der Waals surface area contributed by atoms with Crippen molar-refractivity contribution in [3.05, 3.63) is 78.1 Å². The topological polar surface area (TPSA) is 114 Å². The fourth-order valence-electron chi connectivity index (χ4n) is 4.58. The van der Waals surface area contributed by atoms with Gasteiger partial charge in [-0.05, 0) is 73.9 Å². The van der Waals surface area contributed by atoms with E-state index in [4.69, 9.17) is 14.2 Å². The molecule has 3 rings (SSSR count). The molecule has 10 nitrogen and oxygen atoms in total.